The van der Waals surface area contributed by atoms with E-state index in [4.69, 9.17) is 17.0 Å². The number of aromatic amines is 1. The second kappa shape index (κ2) is 5.69. The number of aromatic nitrogens is 4. The van der Waals surface area contributed by atoms with Crippen LogP contribution < -0.4 is 0 Å². The van der Waals surface area contributed by atoms with Crippen LogP contribution in [0, 0.1) is 4.64 Å². The largest absolute Gasteiger partial charge is 0.370 e. The highest BCUT2D eigenvalue weighted by Gasteiger charge is 2.36. The molecule has 1 N–H and O–H groups in total. The Morgan fingerprint density at radius 3 is 2.71 bits per heavy atom. The number of rotatable bonds is 3. The molecule has 2 aromatic rings. The molecule has 0 radical (unpaired) electrons. The molecular weight excluding hydrogens is 284 g/mol. The fourth-order valence-electron chi connectivity index (χ4n) is 3.05. The molecule has 6 heteroatoms. The fourth-order valence-corrected chi connectivity index (χ4v) is 3.26. The molecule has 0 unspecified atom stereocenters. The monoisotopic (exact) mass is 304 g/mol. The van der Waals surface area contributed by atoms with Gasteiger partial charge in [-0.25, -0.2) is 4.98 Å². The van der Waals surface area contributed by atoms with Crippen molar-refractivity contribution in [2.45, 2.75) is 37.7 Å². The standard InChI is InChI=1S/C15H20N4OS/c1-19-10-11(9-16-19)12-8-13(21)18-14(17-12)15(20-2)6-4-3-5-7-15/h8-10H,3-7H2,1-2H3,(H,17,18,21). The number of ether oxygens (including phenoxy) is 1. The van der Waals surface area contributed by atoms with E-state index in [0.29, 0.717) is 4.64 Å². The minimum Gasteiger partial charge on any atom is -0.370 e. The minimum atomic E-state index is -0.329. The van der Waals surface area contributed by atoms with E-state index in [1.54, 1.807) is 11.8 Å². The first-order valence-electron chi connectivity index (χ1n) is 7.29. The third-order valence-electron chi connectivity index (χ3n) is 4.24. The first-order chi connectivity index (χ1) is 10.1. The maximum absolute atomic E-state index is 5.86. The van der Waals surface area contributed by atoms with Crippen LogP contribution in [0.1, 0.15) is 37.9 Å². The van der Waals surface area contributed by atoms with Gasteiger partial charge in [-0.3, -0.25) is 4.68 Å². The van der Waals surface area contributed by atoms with E-state index in [9.17, 15) is 0 Å². The Kier molecular flexibility index (Phi) is 3.91. The highest BCUT2D eigenvalue weighted by atomic mass is 32.1. The molecule has 1 fully saturated rings. The highest BCUT2D eigenvalue weighted by Crippen LogP contribution is 2.38. The Labute approximate surface area is 129 Å². The van der Waals surface area contributed by atoms with Crippen molar-refractivity contribution >= 4 is 12.2 Å². The lowest BCUT2D eigenvalue weighted by molar-refractivity contribution is -0.0514. The number of hydrogen-bond acceptors (Lipinski definition) is 4. The number of nitrogens with zero attached hydrogens (tertiary/aromatic N) is 3. The van der Waals surface area contributed by atoms with Crippen LogP contribution in [0.3, 0.4) is 0 Å². The third kappa shape index (κ3) is 2.78. The molecule has 3 rings (SSSR count). The van der Waals surface area contributed by atoms with E-state index in [1.165, 1.54) is 6.42 Å². The van der Waals surface area contributed by atoms with Crippen molar-refractivity contribution in [1.82, 2.24) is 19.7 Å². The number of nitrogens with one attached hydrogen (secondary N) is 1. The van der Waals surface area contributed by atoms with Gasteiger partial charge in [0.05, 0.1) is 11.9 Å². The zero-order chi connectivity index (χ0) is 14.9. The smallest absolute Gasteiger partial charge is 0.140 e. The molecule has 0 aromatic carbocycles. The molecule has 2 heterocycles. The van der Waals surface area contributed by atoms with Gasteiger partial charge in [-0.1, -0.05) is 31.5 Å². The van der Waals surface area contributed by atoms with Gasteiger partial charge < -0.3 is 9.72 Å². The maximum Gasteiger partial charge on any atom is 0.140 e. The lowest BCUT2D eigenvalue weighted by atomic mass is 9.84. The lowest BCUT2D eigenvalue weighted by Crippen LogP contribution is -2.33. The molecule has 0 bridgehead atoms. The van der Waals surface area contributed by atoms with E-state index in [0.717, 1.165) is 42.8 Å². The van der Waals surface area contributed by atoms with E-state index in [2.05, 4.69) is 15.1 Å². The fraction of sp³-hybridized carbons (Fsp3) is 0.533. The summed E-state index contributed by atoms with van der Waals surface area (Å²) in [6.07, 6.45) is 9.33. The highest BCUT2D eigenvalue weighted by molar-refractivity contribution is 7.71. The number of methoxy groups -OCH3 is 1. The molecule has 112 valence electrons. The van der Waals surface area contributed by atoms with Crippen LogP contribution in [-0.4, -0.2) is 26.9 Å². The predicted molar refractivity (Wildman–Crippen MR) is 83.4 cm³/mol. The molecule has 0 spiro atoms. The van der Waals surface area contributed by atoms with Crippen LogP contribution >= 0.6 is 12.2 Å². The normalized spacial score (nSPS) is 17.8. The molecule has 2 aromatic heterocycles. The van der Waals surface area contributed by atoms with Crippen molar-refractivity contribution in [3.63, 3.8) is 0 Å². The zero-order valence-corrected chi connectivity index (χ0v) is 13.2. The molecule has 0 atom stereocenters. The van der Waals surface area contributed by atoms with Crippen LogP contribution in [0.25, 0.3) is 11.3 Å². The molecule has 1 saturated carbocycles. The number of H-pyrrole nitrogens is 1. The quantitative estimate of drug-likeness (QED) is 0.884. The summed E-state index contributed by atoms with van der Waals surface area (Å²) >= 11 is 5.35. The lowest BCUT2D eigenvalue weighted by Gasteiger charge is -2.35. The van der Waals surface area contributed by atoms with Crippen molar-refractivity contribution < 1.29 is 4.74 Å². The summed E-state index contributed by atoms with van der Waals surface area (Å²) in [6, 6.07) is 1.88. The summed E-state index contributed by atoms with van der Waals surface area (Å²) in [7, 11) is 3.67. The van der Waals surface area contributed by atoms with Crippen LogP contribution in [-0.2, 0) is 17.4 Å². The first kappa shape index (κ1) is 14.4. The Balaban J connectivity index is 2.06. The Morgan fingerprint density at radius 2 is 2.10 bits per heavy atom. The predicted octanol–water partition coefficient (Wildman–Crippen LogP) is 3.35. The van der Waals surface area contributed by atoms with Gasteiger partial charge in [0.1, 0.15) is 16.1 Å². The zero-order valence-electron chi connectivity index (χ0n) is 12.4. The average molecular weight is 304 g/mol. The number of hydrogen-bond donors (Lipinski definition) is 1. The SMILES string of the molecule is COC1(c2nc(=S)cc(-c3cnn(C)c3)[nH]2)CCCCC1. The molecule has 0 amide bonds. The van der Waals surface area contributed by atoms with E-state index >= 15 is 0 Å². The van der Waals surface area contributed by atoms with Crippen LogP contribution in [0.15, 0.2) is 18.5 Å². The van der Waals surface area contributed by atoms with Crippen molar-refractivity contribution in [3.8, 4) is 11.3 Å². The summed E-state index contributed by atoms with van der Waals surface area (Å²) in [5.74, 6) is 0.844. The number of aryl methyl sites for hydroxylation is 1. The molecule has 5 nitrogen and oxygen atoms in total. The summed E-state index contributed by atoms with van der Waals surface area (Å²) in [5.41, 5.74) is 1.62. The van der Waals surface area contributed by atoms with Crippen LogP contribution in [0.2, 0.25) is 0 Å². The van der Waals surface area contributed by atoms with Gasteiger partial charge in [-0.2, -0.15) is 5.10 Å². The van der Waals surface area contributed by atoms with Crippen molar-refractivity contribution in [2.75, 3.05) is 7.11 Å². The average Bonchev–Trinajstić information content (AvgIpc) is 2.94. The Bertz CT molecular complexity index is 685. The Hall–Kier alpha value is -1.53. The second-order valence-corrected chi connectivity index (χ2v) is 6.06. The Morgan fingerprint density at radius 1 is 1.33 bits per heavy atom. The van der Waals surface area contributed by atoms with Gasteiger partial charge >= 0.3 is 0 Å². The summed E-state index contributed by atoms with van der Waals surface area (Å²) < 4.78 is 8.22. The van der Waals surface area contributed by atoms with Gasteiger partial charge in [0.25, 0.3) is 0 Å². The van der Waals surface area contributed by atoms with Crippen molar-refractivity contribution in [2.24, 2.45) is 7.05 Å². The van der Waals surface area contributed by atoms with Crippen molar-refractivity contribution in [1.29, 1.82) is 0 Å². The second-order valence-electron chi connectivity index (χ2n) is 5.64. The van der Waals surface area contributed by atoms with E-state index in [-0.39, 0.29) is 5.60 Å². The van der Waals surface area contributed by atoms with Gasteiger partial charge in [-0.05, 0) is 18.9 Å². The van der Waals surface area contributed by atoms with E-state index < -0.39 is 0 Å². The molecule has 0 saturated heterocycles. The van der Waals surface area contributed by atoms with Gasteiger partial charge in [-0.15, -0.1) is 0 Å². The van der Waals surface area contributed by atoms with Gasteiger partial charge in [0.2, 0.25) is 0 Å². The van der Waals surface area contributed by atoms with Crippen molar-refractivity contribution in [3.05, 3.63) is 28.9 Å². The molecule has 21 heavy (non-hydrogen) atoms. The van der Waals surface area contributed by atoms with Gasteiger partial charge in [0, 0.05) is 25.9 Å². The van der Waals surface area contributed by atoms with Crippen LogP contribution in [0.4, 0.5) is 0 Å². The maximum atomic E-state index is 5.86. The summed E-state index contributed by atoms with van der Waals surface area (Å²) in [4.78, 5) is 7.96. The van der Waals surface area contributed by atoms with Crippen LogP contribution in [0.5, 0.6) is 0 Å². The summed E-state index contributed by atoms with van der Waals surface area (Å²) in [6.45, 7) is 0. The third-order valence-corrected chi connectivity index (χ3v) is 4.45. The van der Waals surface area contributed by atoms with Gasteiger partial charge in [0.15, 0.2) is 0 Å². The summed E-state index contributed by atoms with van der Waals surface area (Å²) in [5, 5.41) is 4.21. The van der Waals surface area contributed by atoms with E-state index in [1.807, 2.05) is 25.5 Å². The minimum absolute atomic E-state index is 0.329. The topological polar surface area (TPSA) is 55.7 Å². The molecule has 1 aliphatic carbocycles. The molecule has 1 aliphatic rings. The first-order valence-corrected chi connectivity index (χ1v) is 7.70. The molecule has 0 aliphatic heterocycles. The molecular formula is C15H20N4OS.